The molecular formula is C30H43NO6Si. The van der Waals surface area contributed by atoms with Crippen LogP contribution in [0.5, 0.6) is 0 Å². The van der Waals surface area contributed by atoms with Crippen LogP contribution in [0.15, 0.2) is 60.7 Å². The number of esters is 1. The third-order valence-electron chi connectivity index (χ3n) is 7.51. The van der Waals surface area contributed by atoms with Crippen LogP contribution in [-0.4, -0.2) is 58.5 Å². The first-order valence-corrected chi connectivity index (χ1v) is 15.3. The number of benzene rings is 2. The quantitative estimate of drug-likeness (QED) is 0.281. The van der Waals surface area contributed by atoms with Crippen LogP contribution in [0.25, 0.3) is 0 Å². The highest BCUT2D eigenvalue weighted by Crippen LogP contribution is 2.37. The summed E-state index contributed by atoms with van der Waals surface area (Å²) in [4.78, 5) is 23.4. The van der Waals surface area contributed by atoms with Gasteiger partial charge >= 0.3 is 5.97 Å². The molecule has 0 radical (unpaired) electrons. The highest BCUT2D eigenvalue weighted by atomic mass is 28.4. The van der Waals surface area contributed by atoms with Gasteiger partial charge in [-0.15, -0.1) is 0 Å². The first kappa shape index (κ1) is 30.0. The molecule has 1 aliphatic rings. The van der Waals surface area contributed by atoms with Gasteiger partial charge < -0.3 is 24.0 Å². The Hall–Kier alpha value is -2.52. The summed E-state index contributed by atoms with van der Waals surface area (Å²) in [7, 11) is -2.69. The monoisotopic (exact) mass is 541 g/mol. The highest BCUT2D eigenvalue weighted by Gasteiger charge is 2.50. The molecule has 1 amide bonds. The smallest absolute Gasteiger partial charge is 0.302 e. The van der Waals surface area contributed by atoms with E-state index in [1.807, 2.05) is 19.1 Å². The maximum atomic E-state index is 12.0. The van der Waals surface area contributed by atoms with E-state index in [1.165, 1.54) is 24.2 Å². The summed E-state index contributed by atoms with van der Waals surface area (Å²) in [5.41, 5.74) is 0. The lowest BCUT2D eigenvalue weighted by atomic mass is 9.82. The Morgan fingerprint density at radius 3 is 1.92 bits per heavy atom. The van der Waals surface area contributed by atoms with Gasteiger partial charge in [0.05, 0.1) is 25.4 Å². The van der Waals surface area contributed by atoms with Gasteiger partial charge in [0.2, 0.25) is 5.91 Å². The van der Waals surface area contributed by atoms with Crippen molar-refractivity contribution >= 4 is 30.6 Å². The van der Waals surface area contributed by atoms with Crippen LogP contribution in [0.3, 0.4) is 0 Å². The van der Waals surface area contributed by atoms with Crippen molar-refractivity contribution in [2.24, 2.45) is 11.8 Å². The van der Waals surface area contributed by atoms with Crippen LogP contribution in [0.1, 0.15) is 48.5 Å². The third-order valence-corrected chi connectivity index (χ3v) is 12.5. The molecular weight excluding hydrogens is 498 g/mol. The lowest BCUT2D eigenvalue weighted by Crippen LogP contribution is -2.66. The minimum atomic E-state index is -2.69. The number of hydrogen-bond donors (Lipinski definition) is 1. The molecule has 1 heterocycles. The Kier molecular flexibility index (Phi) is 10.3. The highest BCUT2D eigenvalue weighted by molar-refractivity contribution is 6.99. The first-order valence-electron chi connectivity index (χ1n) is 13.4. The number of rotatable bonds is 10. The topological polar surface area (TPSA) is 83.1 Å². The van der Waals surface area contributed by atoms with Crippen LogP contribution in [0, 0.1) is 11.8 Å². The molecule has 0 spiro atoms. The van der Waals surface area contributed by atoms with Crippen molar-refractivity contribution in [3.8, 4) is 0 Å². The average Bonchev–Trinajstić information content (AvgIpc) is 2.87. The summed E-state index contributed by atoms with van der Waals surface area (Å²) in [6.45, 7) is 14.5. The first-order chi connectivity index (χ1) is 18.0. The van der Waals surface area contributed by atoms with Crippen molar-refractivity contribution in [1.82, 2.24) is 5.32 Å². The van der Waals surface area contributed by atoms with E-state index in [2.05, 4.69) is 81.5 Å². The summed E-state index contributed by atoms with van der Waals surface area (Å²) in [5.74, 6) is -0.392. The fourth-order valence-electron chi connectivity index (χ4n) is 5.38. The van der Waals surface area contributed by atoms with Crippen molar-refractivity contribution in [2.45, 2.75) is 71.9 Å². The van der Waals surface area contributed by atoms with Crippen molar-refractivity contribution in [1.29, 1.82) is 0 Å². The number of ether oxygens (including phenoxy) is 3. The Labute approximate surface area is 228 Å². The second-order valence-corrected chi connectivity index (χ2v) is 15.5. The van der Waals surface area contributed by atoms with Crippen molar-refractivity contribution in [2.75, 3.05) is 19.8 Å². The number of carbonyl (C=O) groups excluding carboxylic acids is 2. The van der Waals surface area contributed by atoms with Crippen LogP contribution in [0.2, 0.25) is 5.04 Å². The van der Waals surface area contributed by atoms with Crippen molar-refractivity contribution < 1.29 is 28.2 Å². The van der Waals surface area contributed by atoms with E-state index >= 15 is 0 Å². The zero-order valence-electron chi connectivity index (χ0n) is 23.7. The molecule has 2 aromatic carbocycles. The fourth-order valence-corrected chi connectivity index (χ4v) is 9.93. The van der Waals surface area contributed by atoms with Crippen LogP contribution in [0.4, 0.5) is 0 Å². The molecule has 0 saturated carbocycles. The second-order valence-electron chi connectivity index (χ2n) is 11.2. The van der Waals surface area contributed by atoms with Gasteiger partial charge in [-0.05, 0) is 27.2 Å². The Morgan fingerprint density at radius 2 is 1.45 bits per heavy atom. The summed E-state index contributed by atoms with van der Waals surface area (Å²) in [6, 6.07) is 20.6. The summed E-state index contributed by atoms with van der Waals surface area (Å²) >= 11 is 0. The van der Waals surface area contributed by atoms with Gasteiger partial charge in [-0.25, -0.2) is 0 Å². The largest absolute Gasteiger partial charge is 0.463 e. The molecule has 3 rings (SSSR count). The van der Waals surface area contributed by atoms with Crippen LogP contribution < -0.4 is 15.7 Å². The molecule has 0 bridgehead atoms. The van der Waals surface area contributed by atoms with Gasteiger partial charge in [-0.1, -0.05) is 95.3 Å². The molecule has 1 saturated heterocycles. The van der Waals surface area contributed by atoms with Gasteiger partial charge in [-0.2, -0.15) is 0 Å². The van der Waals surface area contributed by atoms with Crippen LogP contribution in [-0.2, 0) is 28.2 Å². The Balaban J connectivity index is 1.80. The maximum Gasteiger partial charge on any atom is 0.302 e. The number of amides is 1. The molecule has 208 valence electrons. The van der Waals surface area contributed by atoms with E-state index in [0.29, 0.717) is 6.61 Å². The van der Waals surface area contributed by atoms with Crippen LogP contribution >= 0.6 is 0 Å². The van der Waals surface area contributed by atoms with Gasteiger partial charge in [0.25, 0.3) is 8.32 Å². The number of carbonyl (C=O) groups is 2. The predicted molar refractivity (Wildman–Crippen MR) is 151 cm³/mol. The normalized spacial score (nSPS) is 24.0. The Bertz CT molecular complexity index is 1000. The molecule has 2 aromatic rings. The van der Waals surface area contributed by atoms with E-state index < -0.39 is 14.6 Å². The minimum absolute atomic E-state index is 0.0517. The zero-order chi connectivity index (χ0) is 27.9. The second kappa shape index (κ2) is 13.0. The van der Waals surface area contributed by atoms with Gasteiger partial charge in [-0.3, -0.25) is 9.59 Å². The predicted octanol–water partition coefficient (Wildman–Crippen LogP) is 3.64. The standard InChI is InChI=1S/C30H43NO6Si/c1-21-22(2)28(31-23(3)32)29(37-27(21)20-35-24(4)33)34-18-19-36-38(30(5,6)7,25-14-10-8-11-15-25)26-16-12-9-13-17-26/h8-17,21-22,27-29H,18-20H2,1-7H3,(H,31,32)/t21-,22+,27-,28-,29-/m1/s1. The summed E-state index contributed by atoms with van der Waals surface area (Å²) in [5, 5.41) is 5.26. The van der Waals surface area contributed by atoms with Crippen molar-refractivity contribution in [3.63, 3.8) is 0 Å². The summed E-state index contributed by atoms with van der Waals surface area (Å²) < 4.78 is 24.7. The maximum absolute atomic E-state index is 12.0. The lowest BCUT2D eigenvalue weighted by molar-refractivity contribution is -0.245. The average molecular weight is 542 g/mol. The van der Waals surface area contributed by atoms with E-state index in [4.69, 9.17) is 18.6 Å². The SMILES string of the molecule is CC(=O)N[C@H]1[C@H](OCCO[Si](c2ccccc2)(c2ccccc2)C(C)(C)C)O[C@H](COC(C)=O)[C@H](C)[C@@H]1C. The van der Waals surface area contributed by atoms with Gasteiger partial charge in [0.1, 0.15) is 6.61 Å². The van der Waals surface area contributed by atoms with E-state index in [9.17, 15) is 9.59 Å². The molecule has 0 unspecified atom stereocenters. The van der Waals surface area contributed by atoms with E-state index in [0.717, 1.165) is 0 Å². The molecule has 5 atom stereocenters. The molecule has 1 N–H and O–H groups in total. The van der Waals surface area contributed by atoms with Crippen molar-refractivity contribution in [3.05, 3.63) is 60.7 Å². The molecule has 0 aliphatic carbocycles. The van der Waals surface area contributed by atoms with E-state index in [-0.39, 0.29) is 54.1 Å². The molecule has 8 heteroatoms. The molecule has 0 aromatic heterocycles. The number of hydrogen-bond acceptors (Lipinski definition) is 6. The van der Waals surface area contributed by atoms with Gasteiger partial charge in [0, 0.05) is 13.8 Å². The third kappa shape index (κ3) is 6.91. The molecule has 38 heavy (non-hydrogen) atoms. The van der Waals surface area contributed by atoms with E-state index in [1.54, 1.807) is 0 Å². The lowest BCUT2D eigenvalue weighted by Gasteiger charge is -2.45. The number of nitrogens with one attached hydrogen (secondary N) is 1. The Morgan fingerprint density at radius 1 is 0.895 bits per heavy atom. The fraction of sp³-hybridized carbons (Fsp3) is 0.533. The molecule has 7 nitrogen and oxygen atoms in total. The summed E-state index contributed by atoms with van der Waals surface area (Å²) in [6.07, 6.45) is -1.02. The van der Waals surface area contributed by atoms with Gasteiger partial charge in [0.15, 0.2) is 6.29 Å². The molecule has 1 aliphatic heterocycles. The zero-order valence-corrected chi connectivity index (χ0v) is 24.7. The minimum Gasteiger partial charge on any atom is -0.463 e. The molecule has 1 fully saturated rings.